The third kappa shape index (κ3) is 3.69. The number of rotatable bonds is 7. The van der Waals surface area contributed by atoms with Crippen molar-refractivity contribution in [2.75, 3.05) is 27.9 Å². The molecule has 27 heavy (non-hydrogen) atoms. The molecule has 0 spiro atoms. The zero-order valence-corrected chi connectivity index (χ0v) is 16.5. The van der Waals surface area contributed by atoms with Gasteiger partial charge in [0.1, 0.15) is 5.75 Å². The smallest absolute Gasteiger partial charge is 0.203 e. The van der Waals surface area contributed by atoms with E-state index < -0.39 is 0 Å². The van der Waals surface area contributed by atoms with Crippen molar-refractivity contribution >= 4 is 11.6 Å². The van der Waals surface area contributed by atoms with Crippen LogP contribution < -0.4 is 18.9 Å². The average Bonchev–Trinajstić information content (AvgIpc) is 3.18. The number of aromatic nitrogens is 1. The first-order chi connectivity index (χ1) is 13.1. The van der Waals surface area contributed by atoms with E-state index in [-0.39, 0.29) is 0 Å². The Kier molecular flexibility index (Phi) is 5.81. The van der Waals surface area contributed by atoms with Crippen LogP contribution in [0.15, 0.2) is 42.7 Å². The molecule has 0 fully saturated rings. The second-order valence-electron chi connectivity index (χ2n) is 5.77. The summed E-state index contributed by atoms with van der Waals surface area (Å²) in [6.07, 6.45) is 3.87. The van der Waals surface area contributed by atoms with Gasteiger partial charge in [-0.3, -0.25) is 0 Å². The molecule has 0 aliphatic rings. The van der Waals surface area contributed by atoms with E-state index in [0.717, 1.165) is 22.3 Å². The molecule has 142 valence electrons. The van der Waals surface area contributed by atoms with Crippen LogP contribution in [0.1, 0.15) is 6.92 Å². The lowest BCUT2D eigenvalue weighted by molar-refractivity contribution is 0.324. The Hall–Kier alpha value is -2.79. The molecule has 0 saturated carbocycles. The number of aromatic amines is 1. The normalized spacial score (nSPS) is 10.6. The lowest BCUT2D eigenvalue weighted by atomic mass is 9.98. The molecule has 1 aromatic heterocycles. The molecule has 5 nitrogen and oxygen atoms in total. The maximum absolute atomic E-state index is 6.37. The third-order valence-corrected chi connectivity index (χ3v) is 4.56. The fourth-order valence-electron chi connectivity index (χ4n) is 3.02. The SMILES string of the molecule is CCOc1ccc(-c2c[nH]cc2-c2cc(OC)c(OC)c(OC)c2)cc1Cl. The second-order valence-corrected chi connectivity index (χ2v) is 6.18. The summed E-state index contributed by atoms with van der Waals surface area (Å²) in [6.45, 7) is 2.50. The minimum Gasteiger partial charge on any atom is -0.493 e. The van der Waals surface area contributed by atoms with Crippen LogP contribution in [0.4, 0.5) is 0 Å². The molecular formula is C21H22ClNO4. The molecule has 0 unspecified atom stereocenters. The Morgan fingerprint density at radius 2 is 1.44 bits per heavy atom. The highest BCUT2D eigenvalue weighted by Crippen LogP contribution is 2.43. The first-order valence-electron chi connectivity index (χ1n) is 8.52. The van der Waals surface area contributed by atoms with Gasteiger partial charge in [0, 0.05) is 23.5 Å². The Labute approximate surface area is 163 Å². The van der Waals surface area contributed by atoms with Crippen molar-refractivity contribution in [1.29, 1.82) is 0 Å². The summed E-state index contributed by atoms with van der Waals surface area (Å²) in [7, 11) is 4.79. The number of benzene rings is 2. The number of nitrogens with one attached hydrogen (secondary N) is 1. The standard InChI is InChI=1S/C21H22ClNO4/c1-5-27-18-7-6-13(8-17(18)22)15-11-23-12-16(15)14-9-19(24-2)21(26-4)20(10-14)25-3/h6-12,23H,5H2,1-4H3. The summed E-state index contributed by atoms with van der Waals surface area (Å²) in [5, 5.41) is 0.575. The molecular weight excluding hydrogens is 366 g/mol. The quantitative estimate of drug-likeness (QED) is 0.587. The highest BCUT2D eigenvalue weighted by Gasteiger charge is 2.17. The summed E-state index contributed by atoms with van der Waals surface area (Å²) in [5.74, 6) is 2.44. The van der Waals surface area contributed by atoms with Crippen molar-refractivity contribution in [2.24, 2.45) is 0 Å². The third-order valence-electron chi connectivity index (χ3n) is 4.26. The molecule has 0 amide bonds. The number of methoxy groups -OCH3 is 3. The topological polar surface area (TPSA) is 52.7 Å². The van der Waals surface area contributed by atoms with Crippen molar-refractivity contribution < 1.29 is 18.9 Å². The number of hydrogen-bond donors (Lipinski definition) is 1. The fraction of sp³-hybridized carbons (Fsp3) is 0.238. The lowest BCUT2D eigenvalue weighted by Crippen LogP contribution is -1.96. The summed E-state index contributed by atoms with van der Waals surface area (Å²) in [5.41, 5.74) is 3.92. The molecule has 0 bridgehead atoms. The number of ether oxygens (including phenoxy) is 4. The second kappa shape index (κ2) is 8.27. The van der Waals surface area contributed by atoms with Crippen molar-refractivity contribution in [3.05, 3.63) is 47.7 Å². The Morgan fingerprint density at radius 3 is 1.96 bits per heavy atom. The largest absolute Gasteiger partial charge is 0.493 e. The number of H-pyrrole nitrogens is 1. The van der Waals surface area contributed by atoms with Gasteiger partial charge in [0.25, 0.3) is 0 Å². The molecule has 0 atom stereocenters. The van der Waals surface area contributed by atoms with Crippen molar-refractivity contribution in [1.82, 2.24) is 4.98 Å². The molecule has 0 aliphatic heterocycles. The molecule has 0 radical (unpaired) electrons. The summed E-state index contributed by atoms with van der Waals surface area (Å²) in [6, 6.07) is 9.61. The Bertz CT molecular complexity index is 911. The van der Waals surface area contributed by atoms with E-state index in [9.17, 15) is 0 Å². The van der Waals surface area contributed by atoms with Gasteiger partial charge in [0.15, 0.2) is 11.5 Å². The lowest BCUT2D eigenvalue weighted by Gasteiger charge is -2.15. The molecule has 1 heterocycles. The first-order valence-corrected chi connectivity index (χ1v) is 8.90. The van der Waals surface area contributed by atoms with Crippen LogP contribution in [0, 0.1) is 0 Å². The highest BCUT2D eigenvalue weighted by molar-refractivity contribution is 6.32. The van der Waals surface area contributed by atoms with Crippen LogP contribution in [0.3, 0.4) is 0 Å². The van der Waals surface area contributed by atoms with Gasteiger partial charge >= 0.3 is 0 Å². The van der Waals surface area contributed by atoms with Crippen LogP contribution in [0.2, 0.25) is 5.02 Å². The average molecular weight is 388 g/mol. The predicted octanol–water partition coefficient (Wildman–Crippen LogP) is 5.43. The van der Waals surface area contributed by atoms with Gasteiger partial charge in [-0.25, -0.2) is 0 Å². The van der Waals surface area contributed by atoms with E-state index >= 15 is 0 Å². The maximum Gasteiger partial charge on any atom is 0.203 e. The number of halogens is 1. The van der Waals surface area contributed by atoms with Crippen molar-refractivity contribution in [2.45, 2.75) is 6.92 Å². The van der Waals surface area contributed by atoms with Crippen LogP contribution >= 0.6 is 11.6 Å². The summed E-state index contributed by atoms with van der Waals surface area (Å²) >= 11 is 6.37. The van der Waals surface area contributed by atoms with Gasteiger partial charge in [-0.05, 0) is 42.3 Å². The van der Waals surface area contributed by atoms with Gasteiger partial charge in [-0.2, -0.15) is 0 Å². The molecule has 6 heteroatoms. The summed E-state index contributed by atoms with van der Waals surface area (Å²) < 4.78 is 21.9. The zero-order valence-electron chi connectivity index (χ0n) is 15.8. The van der Waals surface area contributed by atoms with Crippen LogP contribution in [0.5, 0.6) is 23.0 Å². The van der Waals surface area contributed by atoms with E-state index in [1.807, 2.05) is 49.6 Å². The van der Waals surface area contributed by atoms with Crippen molar-refractivity contribution in [3.63, 3.8) is 0 Å². The predicted molar refractivity (Wildman–Crippen MR) is 107 cm³/mol. The molecule has 2 aromatic carbocycles. The van der Waals surface area contributed by atoms with Gasteiger partial charge in [0.2, 0.25) is 5.75 Å². The molecule has 0 saturated heterocycles. The van der Waals surface area contributed by atoms with Crippen LogP contribution in [-0.4, -0.2) is 32.9 Å². The molecule has 3 rings (SSSR count). The fourth-order valence-corrected chi connectivity index (χ4v) is 3.25. The van der Waals surface area contributed by atoms with Crippen LogP contribution in [-0.2, 0) is 0 Å². The highest BCUT2D eigenvalue weighted by atomic mass is 35.5. The zero-order chi connectivity index (χ0) is 19.4. The van der Waals surface area contributed by atoms with Gasteiger partial charge in [-0.15, -0.1) is 0 Å². The monoisotopic (exact) mass is 387 g/mol. The number of hydrogen-bond acceptors (Lipinski definition) is 4. The van der Waals surface area contributed by atoms with E-state index in [2.05, 4.69) is 4.98 Å². The minimum absolute atomic E-state index is 0.560. The van der Waals surface area contributed by atoms with Crippen LogP contribution in [0.25, 0.3) is 22.3 Å². The Morgan fingerprint density at radius 1 is 0.815 bits per heavy atom. The maximum atomic E-state index is 6.37. The summed E-state index contributed by atoms with van der Waals surface area (Å²) in [4.78, 5) is 3.17. The van der Waals surface area contributed by atoms with E-state index in [0.29, 0.717) is 34.6 Å². The van der Waals surface area contributed by atoms with E-state index in [1.54, 1.807) is 21.3 Å². The van der Waals surface area contributed by atoms with Gasteiger partial charge < -0.3 is 23.9 Å². The van der Waals surface area contributed by atoms with Crippen molar-refractivity contribution in [3.8, 4) is 45.3 Å². The Balaban J connectivity index is 2.09. The molecule has 1 N–H and O–H groups in total. The first kappa shape index (κ1) is 19.0. The minimum atomic E-state index is 0.560. The van der Waals surface area contributed by atoms with Gasteiger partial charge in [-0.1, -0.05) is 17.7 Å². The van der Waals surface area contributed by atoms with E-state index in [4.69, 9.17) is 30.5 Å². The van der Waals surface area contributed by atoms with E-state index in [1.165, 1.54) is 0 Å². The van der Waals surface area contributed by atoms with Gasteiger partial charge in [0.05, 0.1) is 33.0 Å². The molecule has 0 aliphatic carbocycles. The molecule has 3 aromatic rings.